The topological polar surface area (TPSA) is 80.7 Å². The highest BCUT2D eigenvalue weighted by molar-refractivity contribution is 5.89. The van der Waals surface area contributed by atoms with Crippen molar-refractivity contribution in [2.45, 2.75) is 78.2 Å². The van der Waals surface area contributed by atoms with Gasteiger partial charge in [0.05, 0.1) is 6.10 Å². The highest BCUT2D eigenvalue weighted by Gasteiger charge is 2.66. The van der Waals surface area contributed by atoms with Crippen LogP contribution in [0.15, 0.2) is 0 Å². The van der Waals surface area contributed by atoms with Crippen molar-refractivity contribution in [2.24, 2.45) is 40.4 Å². The fourth-order valence-corrected chi connectivity index (χ4v) is 7.96. The Balaban J connectivity index is 1.63. The lowest BCUT2D eigenvalue weighted by Crippen LogP contribution is -2.58. The van der Waals surface area contributed by atoms with Crippen LogP contribution >= 0.6 is 0 Å². The first kappa shape index (κ1) is 20.1. The van der Waals surface area contributed by atoms with Gasteiger partial charge in [0.1, 0.15) is 12.4 Å². The molecule has 2 unspecified atom stereocenters. The molecule has 5 nitrogen and oxygen atoms in total. The second kappa shape index (κ2) is 6.93. The normalized spacial score (nSPS) is 47.6. The number of Topliss-reactive ketones (excluding diaryl/α,β-unsaturated/α-hetero) is 2. The van der Waals surface area contributed by atoms with E-state index < -0.39 is 23.4 Å². The van der Waals surface area contributed by atoms with Gasteiger partial charge in [0, 0.05) is 25.2 Å². The van der Waals surface area contributed by atoms with Crippen molar-refractivity contribution in [3.63, 3.8) is 0 Å². The third-order valence-corrected chi connectivity index (χ3v) is 9.06. The molecule has 0 saturated heterocycles. The predicted molar refractivity (Wildman–Crippen MR) is 103 cm³/mol. The van der Waals surface area contributed by atoms with Crippen molar-refractivity contribution in [1.82, 2.24) is 0 Å². The number of ketones is 2. The molecule has 0 radical (unpaired) electrons. The molecule has 0 aliphatic heterocycles. The lowest BCUT2D eigenvalue weighted by molar-refractivity contribution is -0.164. The molecule has 0 bridgehead atoms. The first-order chi connectivity index (χ1) is 13.2. The van der Waals surface area contributed by atoms with Gasteiger partial charge >= 0.3 is 5.97 Å². The first-order valence-electron chi connectivity index (χ1n) is 11.1. The van der Waals surface area contributed by atoms with Gasteiger partial charge in [0.25, 0.3) is 0 Å². The van der Waals surface area contributed by atoms with Gasteiger partial charge in [-0.3, -0.25) is 14.4 Å². The Morgan fingerprint density at radius 1 is 1.14 bits per heavy atom. The highest BCUT2D eigenvalue weighted by atomic mass is 16.5. The van der Waals surface area contributed by atoms with Crippen LogP contribution in [0.3, 0.4) is 0 Å². The molecule has 0 spiro atoms. The third kappa shape index (κ3) is 2.88. The SMILES string of the molecule is CC(=O)OCC(=O)[C@H]1CC(O)[C@H]2[C@@H]3CCC4CCCC[C@]4(C)[C@H]3C(=O)C[C@]12C. The molecule has 0 aromatic carbocycles. The molecule has 0 aromatic rings. The summed E-state index contributed by atoms with van der Waals surface area (Å²) in [5.41, 5.74) is -0.466. The van der Waals surface area contributed by atoms with Gasteiger partial charge in [-0.25, -0.2) is 0 Å². The number of ether oxygens (including phenoxy) is 1. The summed E-state index contributed by atoms with van der Waals surface area (Å²) in [5.74, 6) is 0.0801. The molecule has 5 heteroatoms. The molecule has 4 rings (SSSR count). The lowest BCUT2D eigenvalue weighted by Gasteiger charge is -2.59. The molecule has 4 fully saturated rings. The zero-order valence-electron chi connectivity index (χ0n) is 17.4. The Bertz CT molecular complexity index is 686. The first-order valence-corrected chi connectivity index (χ1v) is 11.1. The predicted octanol–water partition coefficient (Wildman–Crippen LogP) is 3.32. The summed E-state index contributed by atoms with van der Waals surface area (Å²) in [6, 6.07) is 0. The summed E-state index contributed by atoms with van der Waals surface area (Å²) < 4.78 is 4.94. The van der Waals surface area contributed by atoms with E-state index in [1.165, 1.54) is 26.2 Å². The Morgan fingerprint density at radius 3 is 2.61 bits per heavy atom. The number of hydrogen-bond donors (Lipinski definition) is 1. The average molecular weight is 391 g/mol. The van der Waals surface area contributed by atoms with E-state index in [0.29, 0.717) is 24.5 Å². The number of carbonyl (C=O) groups excluding carboxylic acids is 3. The third-order valence-electron chi connectivity index (χ3n) is 9.06. The second-order valence-corrected chi connectivity index (χ2v) is 10.4. The van der Waals surface area contributed by atoms with E-state index in [-0.39, 0.29) is 35.6 Å². The van der Waals surface area contributed by atoms with Crippen LogP contribution in [0.1, 0.15) is 72.1 Å². The average Bonchev–Trinajstić information content (AvgIpc) is 2.89. The summed E-state index contributed by atoms with van der Waals surface area (Å²) in [6.45, 7) is 5.38. The number of esters is 1. The standard InChI is InChI=1S/C23H34O5/c1-13(24)28-12-19(27)16-10-17(25)20-15-8-7-14-6-4-5-9-22(14,2)21(15)18(26)11-23(16,20)3/h14-17,20-21,25H,4-12H2,1-3H3/t14?,15-,16+,17?,20+,21+,22-,23+/m0/s1. The zero-order valence-corrected chi connectivity index (χ0v) is 17.4. The Kier molecular flexibility index (Phi) is 4.96. The molecule has 28 heavy (non-hydrogen) atoms. The number of carbonyl (C=O) groups is 3. The summed E-state index contributed by atoms with van der Waals surface area (Å²) in [7, 11) is 0. The van der Waals surface area contributed by atoms with E-state index >= 15 is 0 Å². The van der Waals surface area contributed by atoms with Crippen LogP contribution in [-0.4, -0.2) is 35.4 Å². The summed E-state index contributed by atoms with van der Waals surface area (Å²) in [4.78, 5) is 37.4. The van der Waals surface area contributed by atoms with Crippen molar-refractivity contribution in [3.8, 4) is 0 Å². The highest BCUT2D eigenvalue weighted by Crippen LogP contribution is 2.66. The molecule has 0 aromatic heterocycles. The molecule has 0 heterocycles. The van der Waals surface area contributed by atoms with Crippen LogP contribution in [0.4, 0.5) is 0 Å². The maximum Gasteiger partial charge on any atom is 0.303 e. The van der Waals surface area contributed by atoms with Gasteiger partial charge in [0.15, 0.2) is 5.78 Å². The number of fused-ring (bicyclic) bond motifs is 5. The van der Waals surface area contributed by atoms with Crippen molar-refractivity contribution < 1.29 is 24.2 Å². The van der Waals surface area contributed by atoms with Gasteiger partial charge in [-0.05, 0) is 60.7 Å². The van der Waals surface area contributed by atoms with Crippen molar-refractivity contribution in [1.29, 1.82) is 0 Å². The van der Waals surface area contributed by atoms with Gasteiger partial charge in [0.2, 0.25) is 0 Å². The van der Waals surface area contributed by atoms with Crippen LogP contribution in [0.2, 0.25) is 0 Å². The van der Waals surface area contributed by atoms with E-state index in [2.05, 4.69) is 6.92 Å². The summed E-state index contributed by atoms with van der Waals surface area (Å²) in [5, 5.41) is 11.0. The van der Waals surface area contributed by atoms with E-state index in [4.69, 9.17) is 4.74 Å². The van der Waals surface area contributed by atoms with Crippen LogP contribution < -0.4 is 0 Å². The number of aliphatic hydroxyl groups is 1. The number of hydrogen-bond acceptors (Lipinski definition) is 5. The largest absolute Gasteiger partial charge is 0.458 e. The minimum atomic E-state index is -0.555. The Morgan fingerprint density at radius 2 is 1.89 bits per heavy atom. The molecule has 4 aliphatic carbocycles. The van der Waals surface area contributed by atoms with Gasteiger partial charge in [-0.2, -0.15) is 0 Å². The van der Waals surface area contributed by atoms with Crippen molar-refractivity contribution in [2.75, 3.05) is 6.61 Å². The van der Waals surface area contributed by atoms with E-state index in [1.54, 1.807) is 0 Å². The quantitative estimate of drug-likeness (QED) is 0.748. The van der Waals surface area contributed by atoms with Crippen molar-refractivity contribution >= 4 is 17.5 Å². The summed E-state index contributed by atoms with van der Waals surface area (Å²) in [6.07, 6.45) is 7.11. The minimum Gasteiger partial charge on any atom is -0.458 e. The molecule has 4 aliphatic rings. The smallest absolute Gasteiger partial charge is 0.303 e. The van der Waals surface area contributed by atoms with E-state index in [0.717, 1.165) is 19.3 Å². The van der Waals surface area contributed by atoms with Gasteiger partial charge in [-0.1, -0.05) is 26.7 Å². The number of aliphatic hydroxyl groups excluding tert-OH is 1. The molecule has 0 amide bonds. The van der Waals surface area contributed by atoms with Crippen LogP contribution in [0.25, 0.3) is 0 Å². The molecule has 156 valence electrons. The fraction of sp³-hybridized carbons (Fsp3) is 0.870. The van der Waals surface area contributed by atoms with Gasteiger partial charge < -0.3 is 9.84 Å². The molecular formula is C23H34O5. The van der Waals surface area contributed by atoms with Gasteiger partial charge in [-0.15, -0.1) is 0 Å². The second-order valence-electron chi connectivity index (χ2n) is 10.4. The van der Waals surface area contributed by atoms with Crippen molar-refractivity contribution in [3.05, 3.63) is 0 Å². The lowest BCUT2D eigenvalue weighted by atomic mass is 9.44. The zero-order chi connectivity index (χ0) is 20.3. The summed E-state index contributed by atoms with van der Waals surface area (Å²) >= 11 is 0. The Hall–Kier alpha value is -1.23. The molecule has 8 atom stereocenters. The number of rotatable bonds is 3. The van der Waals surface area contributed by atoms with Crippen LogP contribution in [0, 0.1) is 40.4 Å². The van der Waals surface area contributed by atoms with E-state index in [9.17, 15) is 19.5 Å². The monoisotopic (exact) mass is 390 g/mol. The van der Waals surface area contributed by atoms with E-state index in [1.807, 2.05) is 6.92 Å². The molecule has 1 N–H and O–H groups in total. The molecular weight excluding hydrogens is 356 g/mol. The molecule has 4 saturated carbocycles. The van der Waals surface area contributed by atoms with Crippen LogP contribution in [0.5, 0.6) is 0 Å². The van der Waals surface area contributed by atoms with Crippen LogP contribution in [-0.2, 0) is 19.1 Å². The maximum atomic E-state index is 13.5. The fourth-order valence-electron chi connectivity index (χ4n) is 7.96. The maximum absolute atomic E-state index is 13.5. The minimum absolute atomic E-state index is 0.0128. The Labute approximate surface area is 167 Å².